The van der Waals surface area contributed by atoms with Crippen LogP contribution in [0.1, 0.15) is 11.1 Å². The maximum atomic E-state index is 13.3. The predicted molar refractivity (Wildman–Crippen MR) is 132 cm³/mol. The molecule has 0 bridgehead atoms. The maximum absolute atomic E-state index is 13.3. The number of aromatic amines is 1. The number of nitrogens with zero attached hydrogens (tertiary/aromatic N) is 1. The molecule has 0 fully saturated rings. The molecular formula is C25H19Cl2N3O4. The molecule has 34 heavy (non-hydrogen) atoms. The molecule has 2 N–H and O–H groups in total. The molecule has 0 aliphatic carbocycles. The molecule has 1 aromatic heterocycles. The first-order valence-corrected chi connectivity index (χ1v) is 11.2. The topological polar surface area (TPSA) is 83.7 Å². The van der Waals surface area contributed by atoms with Crippen molar-refractivity contribution in [3.63, 3.8) is 0 Å². The standard InChI is InChI=1S/C25H19Cl2N3O4/c26-18-5-3-6-19(10-18)28-25(32)30(12-15-4-1-2-7-20(15)27)13-17-8-16-9-22-23(34-14-33-22)11-21(16)29-24(17)31/h1-11H,12-14H2,(H,28,32)(H,29,31). The molecule has 7 nitrogen and oxygen atoms in total. The number of amides is 2. The van der Waals surface area contributed by atoms with Crippen molar-refractivity contribution < 1.29 is 14.3 Å². The summed E-state index contributed by atoms with van der Waals surface area (Å²) in [5, 5.41) is 4.65. The van der Waals surface area contributed by atoms with Crippen LogP contribution in [0.15, 0.2) is 71.5 Å². The average molecular weight is 496 g/mol. The minimum absolute atomic E-state index is 0.0529. The van der Waals surface area contributed by atoms with Crippen molar-refractivity contribution in [2.45, 2.75) is 13.1 Å². The number of nitrogens with one attached hydrogen (secondary N) is 2. The summed E-state index contributed by atoms with van der Waals surface area (Å²) >= 11 is 12.4. The number of halogens is 2. The van der Waals surface area contributed by atoms with Crippen LogP contribution in [0, 0.1) is 0 Å². The van der Waals surface area contributed by atoms with E-state index in [1.165, 1.54) is 4.90 Å². The van der Waals surface area contributed by atoms with E-state index in [1.807, 2.05) is 24.3 Å². The predicted octanol–water partition coefficient (Wildman–Crippen LogP) is 5.80. The summed E-state index contributed by atoms with van der Waals surface area (Å²) in [4.78, 5) is 30.5. The van der Waals surface area contributed by atoms with Gasteiger partial charge in [0.05, 0.1) is 12.1 Å². The summed E-state index contributed by atoms with van der Waals surface area (Å²) < 4.78 is 10.8. The fraction of sp³-hybridized carbons (Fsp3) is 0.120. The van der Waals surface area contributed by atoms with Crippen LogP contribution in [0.5, 0.6) is 11.5 Å². The fourth-order valence-corrected chi connectivity index (χ4v) is 4.15. The molecule has 4 aromatic rings. The summed E-state index contributed by atoms with van der Waals surface area (Å²) in [7, 11) is 0. The Hall–Kier alpha value is -3.68. The van der Waals surface area contributed by atoms with E-state index in [1.54, 1.807) is 42.5 Å². The van der Waals surface area contributed by atoms with Crippen LogP contribution < -0.4 is 20.3 Å². The van der Waals surface area contributed by atoms with Gasteiger partial charge in [0.25, 0.3) is 5.56 Å². The van der Waals surface area contributed by atoms with E-state index in [0.29, 0.717) is 38.3 Å². The fourth-order valence-electron chi connectivity index (χ4n) is 3.76. The van der Waals surface area contributed by atoms with Gasteiger partial charge in [-0.1, -0.05) is 47.5 Å². The molecule has 0 saturated heterocycles. The number of ether oxygens (including phenoxy) is 2. The highest BCUT2D eigenvalue weighted by atomic mass is 35.5. The Morgan fingerprint density at radius 3 is 2.50 bits per heavy atom. The Kier molecular flexibility index (Phi) is 6.04. The molecule has 0 saturated carbocycles. The molecule has 1 aliphatic heterocycles. The van der Waals surface area contributed by atoms with Crippen molar-refractivity contribution >= 4 is 45.8 Å². The Balaban J connectivity index is 1.48. The second-order valence-electron chi connectivity index (χ2n) is 7.80. The van der Waals surface area contributed by atoms with Gasteiger partial charge in [0.1, 0.15) is 0 Å². The Labute approximate surface area is 204 Å². The number of aromatic nitrogens is 1. The molecule has 3 aromatic carbocycles. The number of fused-ring (bicyclic) bond motifs is 2. The van der Waals surface area contributed by atoms with E-state index in [2.05, 4.69) is 10.3 Å². The molecule has 0 radical (unpaired) electrons. The molecule has 172 valence electrons. The molecule has 1 aliphatic rings. The highest BCUT2D eigenvalue weighted by Gasteiger charge is 2.20. The smallest absolute Gasteiger partial charge is 0.322 e. The van der Waals surface area contributed by atoms with E-state index in [9.17, 15) is 9.59 Å². The van der Waals surface area contributed by atoms with Gasteiger partial charge in [-0.05, 0) is 42.0 Å². The molecule has 0 atom stereocenters. The Morgan fingerprint density at radius 1 is 0.941 bits per heavy atom. The first kappa shape index (κ1) is 22.1. The number of benzene rings is 3. The van der Waals surface area contributed by atoms with Gasteiger partial charge in [-0.25, -0.2) is 4.79 Å². The van der Waals surface area contributed by atoms with Crippen LogP contribution in [-0.2, 0) is 13.1 Å². The summed E-state index contributed by atoms with van der Waals surface area (Å²) in [5.74, 6) is 1.19. The number of carbonyl (C=O) groups is 1. The molecule has 2 amide bonds. The van der Waals surface area contributed by atoms with Crippen molar-refractivity contribution in [3.05, 3.63) is 98.3 Å². The number of hydrogen-bond acceptors (Lipinski definition) is 4. The van der Waals surface area contributed by atoms with E-state index in [-0.39, 0.29) is 25.4 Å². The number of anilines is 1. The van der Waals surface area contributed by atoms with Gasteiger partial charge in [0.2, 0.25) is 6.79 Å². The zero-order valence-corrected chi connectivity index (χ0v) is 19.3. The van der Waals surface area contributed by atoms with Gasteiger partial charge in [-0.2, -0.15) is 0 Å². The van der Waals surface area contributed by atoms with Crippen LogP contribution in [0.4, 0.5) is 10.5 Å². The lowest BCUT2D eigenvalue weighted by Crippen LogP contribution is -2.35. The number of pyridine rings is 1. The van der Waals surface area contributed by atoms with Gasteiger partial charge in [-0.15, -0.1) is 0 Å². The molecule has 2 heterocycles. The Morgan fingerprint density at radius 2 is 1.71 bits per heavy atom. The number of H-pyrrole nitrogens is 1. The lowest BCUT2D eigenvalue weighted by Gasteiger charge is -2.24. The third-order valence-corrected chi connectivity index (χ3v) is 6.06. The van der Waals surface area contributed by atoms with Gasteiger partial charge in [-0.3, -0.25) is 4.79 Å². The van der Waals surface area contributed by atoms with E-state index in [4.69, 9.17) is 32.7 Å². The average Bonchev–Trinajstić information content (AvgIpc) is 3.26. The molecule has 5 rings (SSSR count). The van der Waals surface area contributed by atoms with Gasteiger partial charge < -0.3 is 24.7 Å². The van der Waals surface area contributed by atoms with Crippen LogP contribution in [0.25, 0.3) is 10.9 Å². The van der Waals surface area contributed by atoms with Gasteiger partial charge in [0, 0.05) is 39.3 Å². The van der Waals surface area contributed by atoms with E-state index in [0.717, 1.165) is 10.9 Å². The van der Waals surface area contributed by atoms with E-state index < -0.39 is 6.03 Å². The number of urea groups is 1. The third-order valence-electron chi connectivity index (χ3n) is 5.46. The molecule has 0 unspecified atom stereocenters. The number of rotatable bonds is 5. The second kappa shape index (κ2) is 9.29. The van der Waals surface area contributed by atoms with Crippen LogP contribution in [-0.4, -0.2) is 22.7 Å². The first-order chi connectivity index (χ1) is 16.5. The summed E-state index contributed by atoms with van der Waals surface area (Å²) in [6.45, 7) is 0.389. The largest absolute Gasteiger partial charge is 0.454 e. The van der Waals surface area contributed by atoms with Crippen LogP contribution >= 0.6 is 23.2 Å². The van der Waals surface area contributed by atoms with Gasteiger partial charge in [0.15, 0.2) is 11.5 Å². The van der Waals surface area contributed by atoms with E-state index >= 15 is 0 Å². The monoisotopic (exact) mass is 495 g/mol. The molecule has 0 spiro atoms. The normalized spacial score (nSPS) is 12.1. The minimum Gasteiger partial charge on any atom is -0.454 e. The van der Waals surface area contributed by atoms with Crippen LogP contribution in [0.2, 0.25) is 10.0 Å². The summed E-state index contributed by atoms with van der Waals surface area (Å²) in [6, 6.07) is 19.0. The first-order valence-electron chi connectivity index (χ1n) is 10.5. The van der Waals surface area contributed by atoms with Crippen molar-refractivity contribution in [2.75, 3.05) is 12.1 Å². The lowest BCUT2D eigenvalue weighted by molar-refractivity contribution is 0.174. The second-order valence-corrected chi connectivity index (χ2v) is 8.65. The molecular weight excluding hydrogens is 477 g/mol. The maximum Gasteiger partial charge on any atom is 0.322 e. The highest BCUT2D eigenvalue weighted by molar-refractivity contribution is 6.31. The van der Waals surface area contributed by atoms with Crippen molar-refractivity contribution in [3.8, 4) is 11.5 Å². The number of carbonyl (C=O) groups excluding carboxylic acids is 1. The van der Waals surface area contributed by atoms with Gasteiger partial charge >= 0.3 is 6.03 Å². The van der Waals surface area contributed by atoms with Crippen molar-refractivity contribution in [1.82, 2.24) is 9.88 Å². The minimum atomic E-state index is -0.396. The quantitative estimate of drug-likeness (QED) is 0.366. The highest BCUT2D eigenvalue weighted by Crippen LogP contribution is 2.35. The zero-order valence-electron chi connectivity index (χ0n) is 17.8. The molecule has 9 heteroatoms. The van der Waals surface area contributed by atoms with Crippen LogP contribution in [0.3, 0.4) is 0 Å². The summed E-state index contributed by atoms with van der Waals surface area (Å²) in [6.07, 6.45) is 0. The zero-order chi connectivity index (χ0) is 23.7. The number of hydrogen-bond donors (Lipinski definition) is 2. The third kappa shape index (κ3) is 4.66. The SMILES string of the molecule is O=C(Nc1cccc(Cl)c1)N(Cc1ccccc1Cl)Cc1cc2cc3c(cc2[nH]c1=O)OCO3. The Bertz CT molecular complexity index is 1450. The lowest BCUT2D eigenvalue weighted by atomic mass is 10.1. The summed E-state index contributed by atoms with van der Waals surface area (Å²) in [5.41, 5.74) is 2.04. The van der Waals surface area contributed by atoms with Crippen molar-refractivity contribution in [2.24, 2.45) is 0 Å². The van der Waals surface area contributed by atoms with Crippen molar-refractivity contribution in [1.29, 1.82) is 0 Å².